The van der Waals surface area contributed by atoms with Crippen LogP contribution in [0.5, 0.6) is 0 Å². The van der Waals surface area contributed by atoms with Crippen LogP contribution in [0.3, 0.4) is 0 Å². The molecule has 9 N–H and O–H groups in total. The number of aromatic amines is 1. The van der Waals surface area contributed by atoms with Gasteiger partial charge in [0.1, 0.15) is 24.2 Å². The number of aromatic nitrogens is 1. The van der Waals surface area contributed by atoms with Crippen LogP contribution in [0, 0.1) is 0 Å². The molecule has 1 aromatic heterocycles. The molecule has 4 unspecified atom stereocenters. The van der Waals surface area contributed by atoms with E-state index in [0.29, 0.717) is 5.56 Å². The number of aliphatic hydroxyl groups is 2. The third kappa shape index (κ3) is 6.92. The van der Waals surface area contributed by atoms with Gasteiger partial charge in [0.15, 0.2) is 0 Å². The predicted molar refractivity (Wildman–Crippen MR) is 121 cm³/mol. The monoisotopic (exact) mass is 481 g/mol. The van der Waals surface area contributed by atoms with E-state index in [1.807, 2.05) is 18.2 Å². The summed E-state index contributed by atoms with van der Waals surface area (Å²) in [7, 11) is 0. The van der Waals surface area contributed by atoms with Crippen molar-refractivity contribution in [3.05, 3.63) is 36.0 Å². The number of rotatable bonds is 12. The number of carboxylic acids is 1. The van der Waals surface area contributed by atoms with Crippen molar-refractivity contribution in [2.45, 2.75) is 30.6 Å². The van der Waals surface area contributed by atoms with Gasteiger partial charge in [-0.2, -0.15) is 12.6 Å². The molecular weight excluding hydrogens is 454 g/mol. The molecule has 2 rings (SSSR count). The van der Waals surface area contributed by atoms with Crippen molar-refractivity contribution in [3.63, 3.8) is 0 Å². The molecular formula is C20H27N5O7S. The molecule has 33 heavy (non-hydrogen) atoms. The zero-order chi connectivity index (χ0) is 24.5. The van der Waals surface area contributed by atoms with Gasteiger partial charge < -0.3 is 42.0 Å². The summed E-state index contributed by atoms with van der Waals surface area (Å²) in [5, 5.41) is 35.2. The number of hydrogen-bond acceptors (Lipinski definition) is 8. The number of nitrogens with two attached hydrogens (primary N) is 1. The minimum absolute atomic E-state index is 0.0112. The molecule has 0 aliphatic carbocycles. The largest absolute Gasteiger partial charge is 0.480 e. The third-order valence-corrected chi connectivity index (χ3v) is 5.24. The van der Waals surface area contributed by atoms with Crippen molar-refractivity contribution >= 4 is 47.2 Å². The Morgan fingerprint density at radius 1 is 0.939 bits per heavy atom. The van der Waals surface area contributed by atoms with Crippen molar-refractivity contribution in [2.75, 3.05) is 19.0 Å². The topological polar surface area (TPSA) is 207 Å². The Morgan fingerprint density at radius 3 is 2.15 bits per heavy atom. The molecule has 0 saturated carbocycles. The molecule has 0 aliphatic rings. The summed E-state index contributed by atoms with van der Waals surface area (Å²) in [5.41, 5.74) is 6.92. The van der Waals surface area contributed by atoms with Gasteiger partial charge in [-0.1, -0.05) is 18.2 Å². The summed E-state index contributed by atoms with van der Waals surface area (Å²) in [6.45, 7) is -1.47. The fourth-order valence-corrected chi connectivity index (χ4v) is 3.27. The van der Waals surface area contributed by atoms with Crippen molar-refractivity contribution in [2.24, 2.45) is 5.73 Å². The molecule has 0 radical (unpaired) electrons. The number of para-hydroxylation sites is 1. The van der Waals surface area contributed by atoms with Gasteiger partial charge in [0.2, 0.25) is 17.7 Å². The van der Waals surface area contributed by atoms with Crippen LogP contribution in [0.2, 0.25) is 0 Å². The maximum Gasteiger partial charge on any atom is 0.328 e. The molecule has 0 saturated heterocycles. The van der Waals surface area contributed by atoms with Crippen molar-refractivity contribution in [1.82, 2.24) is 20.9 Å². The summed E-state index contributed by atoms with van der Waals surface area (Å²) in [5.74, 6) is -3.96. The summed E-state index contributed by atoms with van der Waals surface area (Å²) in [4.78, 5) is 51.8. The van der Waals surface area contributed by atoms with Gasteiger partial charge in [0, 0.05) is 29.3 Å². The normalized spacial score (nSPS) is 14.7. The number of hydrogen-bond donors (Lipinski definition) is 9. The first-order valence-electron chi connectivity index (χ1n) is 9.98. The highest BCUT2D eigenvalue weighted by atomic mass is 32.1. The van der Waals surface area contributed by atoms with Gasteiger partial charge in [0.25, 0.3) is 0 Å². The van der Waals surface area contributed by atoms with E-state index in [1.165, 1.54) is 0 Å². The highest BCUT2D eigenvalue weighted by Crippen LogP contribution is 2.19. The first-order chi connectivity index (χ1) is 15.7. The highest BCUT2D eigenvalue weighted by molar-refractivity contribution is 7.80. The SMILES string of the molecule is NC(CO)C(=O)NC(CS)C(=O)NC(Cc1c[nH]c2ccccc12)C(=O)NC(CO)C(=O)O. The number of aliphatic hydroxyl groups excluding tert-OH is 2. The van der Waals surface area contributed by atoms with Crippen LogP contribution in [0.4, 0.5) is 0 Å². The number of carboxylic acid groups (broad SMARTS) is 1. The number of nitrogens with one attached hydrogen (secondary N) is 4. The van der Waals surface area contributed by atoms with E-state index >= 15 is 0 Å². The van der Waals surface area contributed by atoms with Crippen LogP contribution in [-0.2, 0) is 25.6 Å². The number of benzene rings is 1. The average Bonchev–Trinajstić information content (AvgIpc) is 3.22. The number of carbonyl (C=O) groups is 4. The van der Waals surface area contributed by atoms with Crippen LogP contribution in [0.15, 0.2) is 30.5 Å². The highest BCUT2D eigenvalue weighted by Gasteiger charge is 2.30. The van der Waals surface area contributed by atoms with E-state index in [9.17, 15) is 24.3 Å². The van der Waals surface area contributed by atoms with Crippen LogP contribution in [0.25, 0.3) is 10.9 Å². The Kier molecular flexibility index (Phi) is 9.66. The standard InChI is InChI=1S/C20H27N5O7S/c21-12(7-26)17(28)25-16(9-33)19(30)23-14(18(29)24-15(8-27)20(31)32)5-10-6-22-13-4-2-1-3-11(10)13/h1-4,6,12,14-16,22,26-27,33H,5,7-9,21H2,(H,23,30)(H,24,29)(H,25,28)(H,31,32). The second-order valence-corrected chi connectivity index (χ2v) is 7.60. The lowest BCUT2D eigenvalue weighted by Crippen LogP contribution is -2.58. The average molecular weight is 482 g/mol. The number of fused-ring (bicyclic) bond motifs is 1. The number of H-pyrrole nitrogens is 1. The lowest BCUT2D eigenvalue weighted by atomic mass is 10.0. The second-order valence-electron chi connectivity index (χ2n) is 7.24. The van der Waals surface area contributed by atoms with Crippen molar-refractivity contribution in [3.8, 4) is 0 Å². The van der Waals surface area contributed by atoms with Gasteiger partial charge in [0.05, 0.1) is 13.2 Å². The summed E-state index contributed by atoms with van der Waals surface area (Å²) in [6.07, 6.45) is 1.65. The van der Waals surface area contributed by atoms with Crippen LogP contribution >= 0.6 is 12.6 Å². The molecule has 0 aliphatic heterocycles. The van der Waals surface area contributed by atoms with Crippen LogP contribution in [-0.4, -0.2) is 87.1 Å². The van der Waals surface area contributed by atoms with E-state index < -0.39 is 61.1 Å². The molecule has 180 valence electrons. The van der Waals surface area contributed by atoms with Gasteiger partial charge >= 0.3 is 5.97 Å². The Bertz CT molecular complexity index is 998. The minimum Gasteiger partial charge on any atom is -0.480 e. The maximum absolute atomic E-state index is 12.8. The smallest absolute Gasteiger partial charge is 0.328 e. The molecule has 13 heteroatoms. The quantitative estimate of drug-likeness (QED) is 0.148. The molecule has 0 spiro atoms. The molecule has 4 atom stereocenters. The fraction of sp³-hybridized carbons (Fsp3) is 0.400. The van der Waals surface area contributed by atoms with E-state index in [0.717, 1.165) is 10.9 Å². The lowest BCUT2D eigenvalue weighted by Gasteiger charge is -2.24. The van der Waals surface area contributed by atoms with E-state index in [-0.39, 0.29) is 12.2 Å². The Labute approximate surface area is 194 Å². The van der Waals surface area contributed by atoms with Gasteiger partial charge in [-0.15, -0.1) is 0 Å². The van der Waals surface area contributed by atoms with E-state index in [2.05, 4.69) is 33.6 Å². The lowest BCUT2D eigenvalue weighted by molar-refractivity contribution is -0.143. The fourth-order valence-electron chi connectivity index (χ4n) is 3.02. The molecule has 12 nitrogen and oxygen atoms in total. The molecule has 0 bridgehead atoms. The summed E-state index contributed by atoms with van der Waals surface area (Å²) in [6, 6.07) is 2.05. The van der Waals surface area contributed by atoms with Crippen molar-refractivity contribution < 1.29 is 34.5 Å². The van der Waals surface area contributed by atoms with Gasteiger partial charge in [-0.25, -0.2) is 4.79 Å². The van der Waals surface area contributed by atoms with E-state index in [1.54, 1.807) is 12.3 Å². The van der Waals surface area contributed by atoms with Gasteiger partial charge in [-0.3, -0.25) is 14.4 Å². The summed E-state index contributed by atoms with van der Waals surface area (Å²) >= 11 is 4.04. The zero-order valence-corrected chi connectivity index (χ0v) is 18.4. The van der Waals surface area contributed by atoms with Gasteiger partial charge in [-0.05, 0) is 11.6 Å². The summed E-state index contributed by atoms with van der Waals surface area (Å²) < 4.78 is 0. The Hall–Kier alpha value is -3.13. The Morgan fingerprint density at radius 2 is 1.55 bits per heavy atom. The molecule has 0 fully saturated rings. The predicted octanol–water partition coefficient (Wildman–Crippen LogP) is -2.51. The van der Waals surface area contributed by atoms with Crippen LogP contribution in [0.1, 0.15) is 5.56 Å². The van der Waals surface area contributed by atoms with Crippen molar-refractivity contribution in [1.29, 1.82) is 0 Å². The number of carbonyl (C=O) groups excluding carboxylic acids is 3. The third-order valence-electron chi connectivity index (χ3n) is 4.88. The number of aliphatic carboxylic acids is 1. The molecule has 1 heterocycles. The van der Waals surface area contributed by atoms with E-state index in [4.69, 9.17) is 15.9 Å². The second kappa shape index (κ2) is 12.2. The van der Waals surface area contributed by atoms with Crippen LogP contribution < -0.4 is 21.7 Å². The number of thiol groups is 1. The molecule has 2 aromatic rings. The zero-order valence-electron chi connectivity index (χ0n) is 17.5. The first-order valence-corrected chi connectivity index (χ1v) is 10.6. The first kappa shape index (κ1) is 26.1. The Balaban J connectivity index is 2.25. The number of amides is 3. The maximum atomic E-state index is 12.8. The molecule has 3 amide bonds. The molecule has 1 aromatic carbocycles. The minimum atomic E-state index is -1.57.